The maximum Gasteiger partial charge on any atom is 0.394 e. The third-order valence-electron chi connectivity index (χ3n) is 3.70. The summed E-state index contributed by atoms with van der Waals surface area (Å²) in [5, 5.41) is 0. The predicted octanol–water partition coefficient (Wildman–Crippen LogP) is 4.71. The lowest BCUT2D eigenvalue weighted by atomic mass is 10.2. The van der Waals surface area contributed by atoms with Crippen molar-refractivity contribution in [2.45, 2.75) is 83.4 Å². The van der Waals surface area contributed by atoms with E-state index >= 15 is 0 Å². The van der Waals surface area contributed by atoms with Gasteiger partial charge < -0.3 is 19.3 Å². The van der Waals surface area contributed by atoms with Gasteiger partial charge in [0.1, 0.15) is 0 Å². The summed E-state index contributed by atoms with van der Waals surface area (Å²) in [6.45, 7) is 4.82. The van der Waals surface area contributed by atoms with Crippen LogP contribution in [0.1, 0.15) is 71.6 Å². The molecule has 0 heterocycles. The van der Waals surface area contributed by atoms with Gasteiger partial charge in [-0.3, -0.25) is 4.57 Å². The molecule has 0 radical (unpaired) electrons. The largest absolute Gasteiger partial charge is 0.394 e. The van der Waals surface area contributed by atoms with E-state index in [-0.39, 0.29) is 6.61 Å². The average molecular weight is 374 g/mol. The van der Waals surface area contributed by atoms with Gasteiger partial charge in [-0.05, 0) is 12.8 Å². The van der Waals surface area contributed by atoms with Crippen LogP contribution in [-0.4, -0.2) is 41.4 Å². The van der Waals surface area contributed by atoms with E-state index in [2.05, 4.69) is 13.8 Å². The SMILES string of the molecule is CCCCCCOCC(CC(F)(F)P(=O)(O)O)OCCCCCC. The van der Waals surface area contributed by atoms with Crippen molar-refractivity contribution in [3.8, 4) is 0 Å². The highest BCUT2D eigenvalue weighted by atomic mass is 31.2. The molecule has 2 N–H and O–H groups in total. The van der Waals surface area contributed by atoms with Crippen LogP contribution in [0, 0.1) is 0 Å². The van der Waals surface area contributed by atoms with Crippen molar-refractivity contribution < 1.29 is 32.6 Å². The predicted molar refractivity (Wildman–Crippen MR) is 90.5 cm³/mol. The minimum Gasteiger partial charge on any atom is -0.379 e. The standard InChI is InChI=1S/C16H33F2O5P/c1-3-5-7-9-11-22-14-15(23-12-10-8-6-4-2)13-16(17,18)24(19,20)21/h15H,3-14H2,1-2H3,(H2,19,20,21). The summed E-state index contributed by atoms with van der Waals surface area (Å²) in [6.07, 6.45) is 5.78. The Morgan fingerprint density at radius 2 is 1.50 bits per heavy atom. The van der Waals surface area contributed by atoms with Gasteiger partial charge in [-0.15, -0.1) is 0 Å². The summed E-state index contributed by atoms with van der Waals surface area (Å²) in [6, 6.07) is 0. The fourth-order valence-corrected chi connectivity index (χ4v) is 2.62. The minimum atomic E-state index is -5.49. The highest BCUT2D eigenvalue weighted by Crippen LogP contribution is 2.55. The van der Waals surface area contributed by atoms with Crippen molar-refractivity contribution in [3.63, 3.8) is 0 Å². The zero-order valence-electron chi connectivity index (χ0n) is 14.9. The smallest absolute Gasteiger partial charge is 0.379 e. The van der Waals surface area contributed by atoms with Gasteiger partial charge in [-0.25, -0.2) is 0 Å². The average Bonchev–Trinajstić information content (AvgIpc) is 2.48. The van der Waals surface area contributed by atoms with E-state index in [1.54, 1.807) is 0 Å². The molecule has 5 nitrogen and oxygen atoms in total. The van der Waals surface area contributed by atoms with Crippen LogP contribution in [0.15, 0.2) is 0 Å². The van der Waals surface area contributed by atoms with Gasteiger partial charge >= 0.3 is 13.3 Å². The Balaban J connectivity index is 4.30. The van der Waals surface area contributed by atoms with E-state index in [0.717, 1.165) is 51.4 Å². The number of hydrogen-bond donors (Lipinski definition) is 2. The highest BCUT2D eigenvalue weighted by molar-refractivity contribution is 7.53. The normalized spacial score (nSPS) is 14.1. The molecule has 0 spiro atoms. The number of rotatable bonds is 16. The maximum absolute atomic E-state index is 13.6. The van der Waals surface area contributed by atoms with Crippen molar-refractivity contribution in [1.29, 1.82) is 0 Å². The molecule has 0 rings (SSSR count). The lowest BCUT2D eigenvalue weighted by Crippen LogP contribution is -2.30. The van der Waals surface area contributed by atoms with E-state index in [1.165, 1.54) is 0 Å². The Morgan fingerprint density at radius 3 is 2.00 bits per heavy atom. The van der Waals surface area contributed by atoms with Crippen LogP contribution < -0.4 is 0 Å². The second-order valence-electron chi connectivity index (χ2n) is 6.10. The zero-order chi connectivity index (χ0) is 18.5. The maximum atomic E-state index is 13.6. The molecule has 0 aliphatic carbocycles. The first-order valence-electron chi connectivity index (χ1n) is 8.87. The van der Waals surface area contributed by atoms with Gasteiger partial charge in [0.05, 0.1) is 19.1 Å². The fraction of sp³-hybridized carbons (Fsp3) is 1.00. The Morgan fingerprint density at radius 1 is 0.958 bits per heavy atom. The lowest BCUT2D eigenvalue weighted by Gasteiger charge is -2.24. The molecule has 0 aromatic carbocycles. The molecule has 0 aromatic rings. The number of hydrogen-bond acceptors (Lipinski definition) is 3. The molecule has 0 aromatic heterocycles. The topological polar surface area (TPSA) is 76.0 Å². The molecule has 0 aliphatic heterocycles. The fourth-order valence-electron chi connectivity index (χ4n) is 2.18. The molecule has 8 heteroatoms. The van der Waals surface area contributed by atoms with Crippen LogP contribution in [0.5, 0.6) is 0 Å². The number of unbranched alkanes of at least 4 members (excludes halogenated alkanes) is 6. The van der Waals surface area contributed by atoms with E-state index in [4.69, 9.17) is 19.3 Å². The van der Waals surface area contributed by atoms with E-state index < -0.39 is 25.8 Å². The third kappa shape index (κ3) is 11.5. The molecule has 1 atom stereocenters. The number of alkyl halides is 2. The molecule has 1 unspecified atom stereocenters. The first-order chi connectivity index (χ1) is 11.2. The van der Waals surface area contributed by atoms with E-state index in [0.29, 0.717) is 13.2 Å². The molecule has 0 aliphatic rings. The quantitative estimate of drug-likeness (QED) is 0.302. The lowest BCUT2D eigenvalue weighted by molar-refractivity contribution is -0.0650. The number of halogens is 2. The van der Waals surface area contributed by atoms with Gasteiger partial charge in [0.25, 0.3) is 0 Å². The molecule has 0 saturated carbocycles. The molecule has 146 valence electrons. The van der Waals surface area contributed by atoms with Crippen LogP contribution in [0.2, 0.25) is 0 Å². The van der Waals surface area contributed by atoms with Gasteiger partial charge in [0.2, 0.25) is 0 Å². The second kappa shape index (κ2) is 13.2. The van der Waals surface area contributed by atoms with Crippen LogP contribution in [-0.2, 0) is 14.0 Å². The van der Waals surface area contributed by atoms with Crippen LogP contribution in [0.4, 0.5) is 8.78 Å². The van der Waals surface area contributed by atoms with Crippen molar-refractivity contribution in [3.05, 3.63) is 0 Å². The third-order valence-corrected chi connectivity index (χ3v) is 4.73. The molecule has 0 amide bonds. The molecular weight excluding hydrogens is 341 g/mol. The van der Waals surface area contributed by atoms with E-state index in [9.17, 15) is 13.3 Å². The van der Waals surface area contributed by atoms with Crippen LogP contribution in [0.3, 0.4) is 0 Å². The van der Waals surface area contributed by atoms with Gasteiger partial charge in [-0.2, -0.15) is 8.78 Å². The summed E-state index contributed by atoms with van der Waals surface area (Å²) >= 11 is 0. The Hall–Kier alpha value is -0.0700. The summed E-state index contributed by atoms with van der Waals surface area (Å²) in [7, 11) is -5.49. The first-order valence-corrected chi connectivity index (χ1v) is 10.5. The summed E-state index contributed by atoms with van der Waals surface area (Å²) < 4.78 is 48.8. The van der Waals surface area contributed by atoms with Crippen molar-refractivity contribution >= 4 is 7.60 Å². The highest BCUT2D eigenvalue weighted by Gasteiger charge is 2.50. The van der Waals surface area contributed by atoms with Crippen molar-refractivity contribution in [2.24, 2.45) is 0 Å². The van der Waals surface area contributed by atoms with Crippen molar-refractivity contribution in [2.75, 3.05) is 19.8 Å². The molecular formula is C16H33F2O5P. The zero-order valence-corrected chi connectivity index (χ0v) is 15.8. The van der Waals surface area contributed by atoms with Crippen molar-refractivity contribution in [1.82, 2.24) is 0 Å². The molecule has 0 bridgehead atoms. The Bertz CT molecular complexity index is 349. The van der Waals surface area contributed by atoms with Gasteiger partial charge in [0, 0.05) is 13.2 Å². The van der Waals surface area contributed by atoms with E-state index in [1.807, 2.05) is 0 Å². The number of ether oxygens (including phenoxy) is 2. The Kier molecular flexibility index (Phi) is 13.1. The monoisotopic (exact) mass is 374 g/mol. The first kappa shape index (κ1) is 23.9. The van der Waals surface area contributed by atoms with Gasteiger partial charge in [-0.1, -0.05) is 52.4 Å². The minimum absolute atomic E-state index is 0.0739. The summed E-state index contributed by atoms with van der Waals surface area (Å²) in [4.78, 5) is 17.5. The van der Waals surface area contributed by atoms with Gasteiger partial charge in [0.15, 0.2) is 0 Å². The molecule has 0 saturated heterocycles. The molecule has 0 fully saturated rings. The summed E-state index contributed by atoms with van der Waals surface area (Å²) in [5.41, 5.74) is -4.09. The van der Waals surface area contributed by atoms with Crippen LogP contribution in [0.25, 0.3) is 0 Å². The molecule has 24 heavy (non-hydrogen) atoms. The Labute approximate surface area is 144 Å². The summed E-state index contributed by atoms with van der Waals surface area (Å²) in [5.74, 6) is 0. The second-order valence-corrected chi connectivity index (χ2v) is 7.85. The van der Waals surface area contributed by atoms with Crippen LogP contribution >= 0.6 is 7.60 Å².